The Labute approximate surface area is 105 Å². The zero-order chi connectivity index (χ0) is 11.4. The summed E-state index contributed by atoms with van der Waals surface area (Å²) in [7, 11) is 0. The number of hydrogen-bond donors (Lipinski definition) is 1. The lowest BCUT2D eigenvalue weighted by molar-refractivity contribution is -0.119. The van der Waals surface area contributed by atoms with Gasteiger partial charge in [-0.3, -0.25) is 4.79 Å². The van der Waals surface area contributed by atoms with Crippen LogP contribution in [0, 0.1) is 5.92 Å². The molecule has 1 aromatic rings. The zero-order valence-electron chi connectivity index (χ0n) is 8.91. The van der Waals surface area contributed by atoms with E-state index in [0.29, 0.717) is 5.02 Å². The minimum absolute atomic E-state index is 0.120. The van der Waals surface area contributed by atoms with Crippen LogP contribution in [0.25, 0.3) is 0 Å². The first kappa shape index (κ1) is 11.8. The molecule has 1 aliphatic rings. The fourth-order valence-corrected chi connectivity index (χ4v) is 3.09. The van der Waals surface area contributed by atoms with Crippen molar-refractivity contribution in [3.8, 4) is 0 Å². The van der Waals surface area contributed by atoms with Gasteiger partial charge in [-0.2, -0.15) is 11.8 Å². The predicted molar refractivity (Wildman–Crippen MR) is 70.1 cm³/mol. The van der Waals surface area contributed by atoms with Gasteiger partial charge in [0.25, 0.3) is 0 Å². The van der Waals surface area contributed by atoms with E-state index >= 15 is 0 Å². The topological polar surface area (TPSA) is 29.1 Å². The Morgan fingerprint density at radius 3 is 3.06 bits per heavy atom. The van der Waals surface area contributed by atoms with Gasteiger partial charge in [0.15, 0.2) is 0 Å². The van der Waals surface area contributed by atoms with Crippen molar-refractivity contribution in [3.05, 3.63) is 29.3 Å². The van der Waals surface area contributed by atoms with Gasteiger partial charge in [-0.25, -0.2) is 0 Å². The molecule has 1 heterocycles. The molecule has 0 radical (unpaired) electrons. The first-order chi connectivity index (χ1) is 7.75. The molecule has 86 valence electrons. The van der Waals surface area contributed by atoms with Crippen LogP contribution in [0.15, 0.2) is 24.3 Å². The largest absolute Gasteiger partial charge is 0.326 e. The van der Waals surface area contributed by atoms with Gasteiger partial charge in [0.1, 0.15) is 0 Å². The van der Waals surface area contributed by atoms with Crippen molar-refractivity contribution in [2.24, 2.45) is 5.92 Å². The van der Waals surface area contributed by atoms with Crippen LogP contribution in [0.2, 0.25) is 5.02 Å². The van der Waals surface area contributed by atoms with Crippen LogP contribution < -0.4 is 5.32 Å². The standard InChI is InChI=1S/C12H14ClNOS/c13-10-4-1-5-11(7-10)14-12(15)9-3-2-6-16-8-9/h1,4-5,7,9H,2-3,6,8H2,(H,14,15). The minimum atomic E-state index is 0.120. The molecule has 4 heteroatoms. The molecule has 1 saturated heterocycles. The van der Waals surface area contributed by atoms with Gasteiger partial charge in [0.2, 0.25) is 5.91 Å². The Kier molecular flexibility index (Phi) is 4.13. The maximum Gasteiger partial charge on any atom is 0.228 e. The summed E-state index contributed by atoms with van der Waals surface area (Å²) in [5, 5.41) is 3.56. The van der Waals surface area contributed by atoms with Crippen molar-refractivity contribution < 1.29 is 4.79 Å². The van der Waals surface area contributed by atoms with Gasteiger partial charge in [-0.05, 0) is 36.8 Å². The smallest absolute Gasteiger partial charge is 0.228 e. The number of anilines is 1. The molecular weight excluding hydrogens is 242 g/mol. The molecule has 0 spiro atoms. The van der Waals surface area contributed by atoms with Crippen LogP contribution in [0.4, 0.5) is 5.69 Å². The highest BCUT2D eigenvalue weighted by Gasteiger charge is 2.21. The summed E-state index contributed by atoms with van der Waals surface area (Å²) in [6.45, 7) is 0. The molecule has 1 N–H and O–H groups in total. The number of nitrogens with one attached hydrogen (secondary N) is 1. The zero-order valence-corrected chi connectivity index (χ0v) is 10.5. The number of benzene rings is 1. The normalized spacial score (nSPS) is 20.4. The number of hydrogen-bond acceptors (Lipinski definition) is 2. The number of halogens is 1. The van der Waals surface area contributed by atoms with Crippen LogP contribution in [0.3, 0.4) is 0 Å². The molecular formula is C12H14ClNOS. The summed E-state index contributed by atoms with van der Waals surface area (Å²) in [6.07, 6.45) is 2.14. The molecule has 2 nitrogen and oxygen atoms in total. The van der Waals surface area contributed by atoms with Crippen molar-refractivity contribution in [2.75, 3.05) is 16.8 Å². The lowest BCUT2D eigenvalue weighted by Crippen LogP contribution is -2.27. The summed E-state index contributed by atoms with van der Waals surface area (Å²) in [6, 6.07) is 7.27. The molecule has 1 unspecified atom stereocenters. The first-order valence-corrected chi connectivity index (χ1v) is 6.93. The van der Waals surface area contributed by atoms with Crippen LogP contribution in [0.5, 0.6) is 0 Å². The van der Waals surface area contributed by atoms with E-state index in [9.17, 15) is 4.79 Å². The molecule has 1 fully saturated rings. The van der Waals surface area contributed by atoms with E-state index in [2.05, 4.69) is 5.32 Å². The lowest BCUT2D eigenvalue weighted by atomic mass is 10.0. The highest BCUT2D eigenvalue weighted by atomic mass is 35.5. The third kappa shape index (κ3) is 3.16. The summed E-state index contributed by atoms with van der Waals surface area (Å²) >= 11 is 7.72. The fraction of sp³-hybridized carbons (Fsp3) is 0.417. The Morgan fingerprint density at radius 1 is 1.50 bits per heavy atom. The number of thioether (sulfide) groups is 1. The predicted octanol–water partition coefficient (Wildman–Crippen LogP) is 3.42. The molecule has 1 amide bonds. The molecule has 0 bridgehead atoms. The maximum atomic E-state index is 11.9. The second-order valence-corrected chi connectivity index (χ2v) is 5.50. The van der Waals surface area contributed by atoms with Gasteiger partial charge in [0.05, 0.1) is 0 Å². The Bertz CT molecular complexity index is 377. The van der Waals surface area contributed by atoms with Crippen molar-refractivity contribution in [2.45, 2.75) is 12.8 Å². The number of carbonyl (C=O) groups excluding carboxylic acids is 1. The van der Waals surface area contributed by atoms with E-state index in [4.69, 9.17) is 11.6 Å². The highest BCUT2D eigenvalue weighted by molar-refractivity contribution is 7.99. The third-order valence-electron chi connectivity index (χ3n) is 2.62. The Hall–Kier alpha value is -0.670. The molecule has 0 saturated carbocycles. The van der Waals surface area contributed by atoms with E-state index in [1.165, 1.54) is 5.75 Å². The minimum Gasteiger partial charge on any atom is -0.326 e. The number of amides is 1. The number of rotatable bonds is 2. The van der Waals surface area contributed by atoms with Crippen molar-refractivity contribution in [3.63, 3.8) is 0 Å². The van der Waals surface area contributed by atoms with Gasteiger partial charge in [-0.1, -0.05) is 17.7 Å². The molecule has 1 atom stereocenters. The van der Waals surface area contributed by atoms with Crippen LogP contribution in [-0.4, -0.2) is 17.4 Å². The van der Waals surface area contributed by atoms with Crippen LogP contribution >= 0.6 is 23.4 Å². The molecule has 0 aromatic heterocycles. The van der Waals surface area contributed by atoms with E-state index in [1.807, 2.05) is 23.9 Å². The van der Waals surface area contributed by atoms with Crippen LogP contribution in [-0.2, 0) is 4.79 Å². The fourth-order valence-electron chi connectivity index (χ4n) is 1.76. The Balaban J connectivity index is 1.96. The third-order valence-corrected chi connectivity index (χ3v) is 4.07. The molecule has 2 rings (SSSR count). The monoisotopic (exact) mass is 255 g/mol. The lowest BCUT2D eigenvalue weighted by Gasteiger charge is -2.20. The maximum absolute atomic E-state index is 11.9. The summed E-state index contributed by atoms with van der Waals surface area (Å²) in [4.78, 5) is 11.9. The number of carbonyl (C=O) groups is 1. The Morgan fingerprint density at radius 2 is 2.38 bits per heavy atom. The van der Waals surface area contributed by atoms with Crippen LogP contribution in [0.1, 0.15) is 12.8 Å². The van der Waals surface area contributed by atoms with Gasteiger partial charge < -0.3 is 5.32 Å². The van der Waals surface area contributed by atoms with E-state index < -0.39 is 0 Å². The van der Waals surface area contributed by atoms with Gasteiger partial charge in [-0.15, -0.1) is 0 Å². The average molecular weight is 256 g/mol. The van der Waals surface area contributed by atoms with Crippen molar-refractivity contribution in [1.82, 2.24) is 0 Å². The summed E-state index contributed by atoms with van der Waals surface area (Å²) < 4.78 is 0. The average Bonchev–Trinajstić information content (AvgIpc) is 2.30. The quantitative estimate of drug-likeness (QED) is 0.877. The molecule has 1 aliphatic heterocycles. The second kappa shape index (κ2) is 5.60. The van der Waals surface area contributed by atoms with Gasteiger partial charge >= 0.3 is 0 Å². The summed E-state index contributed by atoms with van der Waals surface area (Å²) in [5.41, 5.74) is 0.785. The van der Waals surface area contributed by atoms with Gasteiger partial charge in [0, 0.05) is 22.4 Å². The van der Waals surface area contributed by atoms with E-state index in [0.717, 1.165) is 24.3 Å². The molecule has 16 heavy (non-hydrogen) atoms. The molecule has 0 aliphatic carbocycles. The SMILES string of the molecule is O=C(Nc1cccc(Cl)c1)C1CCCSC1. The molecule has 1 aromatic carbocycles. The second-order valence-electron chi connectivity index (χ2n) is 3.91. The highest BCUT2D eigenvalue weighted by Crippen LogP contribution is 2.24. The first-order valence-electron chi connectivity index (χ1n) is 5.40. The van der Waals surface area contributed by atoms with E-state index in [1.54, 1.807) is 12.1 Å². The summed E-state index contributed by atoms with van der Waals surface area (Å²) in [5.74, 6) is 2.39. The van der Waals surface area contributed by atoms with Crippen molar-refractivity contribution >= 4 is 35.0 Å². The van der Waals surface area contributed by atoms with Crippen molar-refractivity contribution in [1.29, 1.82) is 0 Å². The van der Waals surface area contributed by atoms with E-state index in [-0.39, 0.29) is 11.8 Å².